The highest BCUT2D eigenvalue weighted by Gasteiger charge is 2.17. The third-order valence-electron chi connectivity index (χ3n) is 5.67. The number of amides is 3. The molecule has 0 bridgehead atoms. The number of hydrogen-bond acceptors (Lipinski definition) is 5. The van der Waals surface area contributed by atoms with E-state index >= 15 is 0 Å². The van der Waals surface area contributed by atoms with Gasteiger partial charge in [-0.25, -0.2) is 0 Å². The summed E-state index contributed by atoms with van der Waals surface area (Å²) in [6.07, 6.45) is 0.361. The summed E-state index contributed by atoms with van der Waals surface area (Å²) in [5.74, 6) is 1.70. The molecular weight excluding hydrogens is 462 g/mol. The van der Waals surface area contributed by atoms with Crippen LogP contribution in [-0.2, 0) is 17.8 Å². The molecule has 4 rings (SSSR count). The van der Waals surface area contributed by atoms with Crippen molar-refractivity contribution in [2.75, 3.05) is 29.9 Å². The van der Waals surface area contributed by atoms with E-state index in [1.807, 2.05) is 34.9 Å². The summed E-state index contributed by atoms with van der Waals surface area (Å²) in [7, 11) is 0. The predicted molar refractivity (Wildman–Crippen MR) is 138 cm³/mol. The van der Waals surface area contributed by atoms with E-state index in [2.05, 4.69) is 5.32 Å². The van der Waals surface area contributed by atoms with Crippen LogP contribution in [0.1, 0.15) is 31.8 Å². The molecule has 0 atom stereocenters. The Balaban J connectivity index is 1.34. The number of carbonyl (C=O) groups excluding carboxylic acids is 3. The van der Waals surface area contributed by atoms with Gasteiger partial charge in [-0.2, -0.15) is 11.8 Å². The second-order valence-corrected chi connectivity index (χ2v) is 9.40. The normalized spacial score (nSPS) is 13.2. The van der Waals surface area contributed by atoms with Crippen LogP contribution in [0, 0.1) is 0 Å². The molecule has 180 valence electrons. The first kappa shape index (κ1) is 24.3. The highest BCUT2D eigenvalue weighted by molar-refractivity contribution is 7.99. The Kier molecular flexibility index (Phi) is 8.05. The summed E-state index contributed by atoms with van der Waals surface area (Å²) in [4.78, 5) is 38.7. The lowest BCUT2D eigenvalue weighted by Gasteiger charge is -2.26. The number of para-hydroxylation sites is 1. The van der Waals surface area contributed by atoms with Crippen molar-refractivity contribution in [3.63, 3.8) is 0 Å². The Morgan fingerprint density at radius 2 is 1.66 bits per heavy atom. The highest BCUT2D eigenvalue weighted by Crippen LogP contribution is 2.20. The molecule has 1 aliphatic heterocycles. The van der Waals surface area contributed by atoms with Gasteiger partial charge in [-0.1, -0.05) is 36.4 Å². The van der Waals surface area contributed by atoms with Gasteiger partial charge in [0, 0.05) is 35.8 Å². The van der Waals surface area contributed by atoms with Crippen LogP contribution in [0.15, 0.2) is 72.8 Å². The molecule has 0 aromatic heterocycles. The van der Waals surface area contributed by atoms with Gasteiger partial charge < -0.3 is 20.7 Å². The van der Waals surface area contributed by atoms with Gasteiger partial charge in [0.05, 0.1) is 12.0 Å². The molecule has 1 saturated heterocycles. The molecule has 0 saturated carbocycles. The molecule has 0 unspecified atom stereocenters. The molecule has 1 aliphatic rings. The minimum Gasteiger partial charge on any atom is -0.488 e. The Bertz CT molecular complexity index is 1210. The number of anilines is 1. The van der Waals surface area contributed by atoms with Crippen LogP contribution < -0.4 is 15.8 Å². The molecule has 1 heterocycles. The lowest BCUT2D eigenvalue weighted by molar-refractivity contribution is -0.130. The van der Waals surface area contributed by atoms with Crippen molar-refractivity contribution < 1.29 is 19.1 Å². The average Bonchev–Trinajstić information content (AvgIpc) is 2.89. The minimum absolute atomic E-state index is 0.138. The Morgan fingerprint density at radius 3 is 2.40 bits per heavy atom. The van der Waals surface area contributed by atoms with Crippen LogP contribution in [0.3, 0.4) is 0 Å². The molecule has 3 aromatic carbocycles. The second-order valence-electron chi connectivity index (χ2n) is 8.17. The standard InChI is InChI=1S/C27H27N3O4S/c28-26(32)23-6-1-2-7-24(23)34-18-20-4-3-5-21(16-20)27(33)29-22-10-8-19(9-11-22)17-25(31)30-12-14-35-15-13-30/h1-11,16H,12-15,17-18H2,(H2,28,32)(H,29,33). The predicted octanol–water partition coefficient (Wildman–Crippen LogP) is 3.73. The quantitative estimate of drug-likeness (QED) is 0.502. The van der Waals surface area contributed by atoms with Crippen molar-refractivity contribution >= 4 is 35.2 Å². The Labute approximate surface area is 208 Å². The number of carbonyl (C=O) groups is 3. The van der Waals surface area contributed by atoms with Crippen molar-refractivity contribution in [1.29, 1.82) is 0 Å². The third kappa shape index (κ3) is 6.64. The molecule has 1 fully saturated rings. The summed E-state index contributed by atoms with van der Waals surface area (Å²) < 4.78 is 5.76. The number of nitrogens with one attached hydrogen (secondary N) is 1. The number of primary amides is 1. The maximum atomic E-state index is 12.8. The molecule has 3 aromatic rings. The van der Waals surface area contributed by atoms with Gasteiger partial charge in [0.2, 0.25) is 5.91 Å². The molecular formula is C27H27N3O4S. The van der Waals surface area contributed by atoms with E-state index in [0.717, 1.165) is 35.7 Å². The highest BCUT2D eigenvalue weighted by atomic mass is 32.2. The number of hydrogen-bond donors (Lipinski definition) is 2. The van der Waals surface area contributed by atoms with Crippen LogP contribution in [0.25, 0.3) is 0 Å². The number of rotatable bonds is 8. The van der Waals surface area contributed by atoms with Crippen molar-refractivity contribution in [1.82, 2.24) is 4.90 Å². The van der Waals surface area contributed by atoms with E-state index < -0.39 is 5.91 Å². The minimum atomic E-state index is -0.560. The summed E-state index contributed by atoms with van der Waals surface area (Å²) in [5, 5.41) is 2.89. The zero-order valence-electron chi connectivity index (χ0n) is 19.2. The van der Waals surface area contributed by atoms with Crippen molar-refractivity contribution in [2.24, 2.45) is 5.73 Å². The monoisotopic (exact) mass is 489 g/mol. The van der Waals surface area contributed by atoms with Gasteiger partial charge in [0.1, 0.15) is 12.4 Å². The van der Waals surface area contributed by atoms with E-state index in [-0.39, 0.29) is 18.4 Å². The van der Waals surface area contributed by atoms with E-state index in [0.29, 0.717) is 29.0 Å². The number of benzene rings is 3. The van der Waals surface area contributed by atoms with Gasteiger partial charge in [-0.3, -0.25) is 14.4 Å². The first-order valence-electron chi connectivity index (χ1n) is 11.4. The van der Waals surface area contributed by atoms with Gasteiger partial charge in [0.25, 0.3) is 11.8 Å². The maximum absolute atomic E-state index is 12.8. The SMILES string of the molecule is NC(=O)c1ccccc1OCc1cccc(C(=O)Nc2ccc(CC(=O)N3CCSCC3)cc2)c1. The van der Waals surface area contributed by atoms with Crippen LogP contribution in [0.2, 0.25) is 0 Å². The molecule has 3 N–H and O–H groups in total. The molecule has 7 nitrogen and oxygen atoms in total. The van der Waals surface area contributed by atoms with Gasteiger partial charge in [-0.15, -0.1) is 0 Å². The average molecular weight is 490 g/mol. The number of nitrogens with zero attached hydrogens (tertiary/aromatic N) is 1. The molecule has 35 heavy (non-hydrogen) atoms. The van der Waals surface area contributed by atoms with Gasteiger partial charge in [-0.05, 0) is 47.5 Å². The maximum Gasteiger partial charge on any atom is 0.255 e. The smallest absolute Gasteiger partial charge is 0.255 e. The molecule has 0 spiro atoms. The first-order valence-corrected chi connectivity index (χ1v) is 12.5. The molecule has 3 amide bonds. The fraction of sp³-hybridized carbons (Fsp3) is 0.222. The van der Waals surface area contributed by atoms with E-state index in [4.69, 9.17) is 10.5 Å². The van der Waals surface area contributed by atoms with E-state index in [1.54, 1.807) is 54.6 Å². The summed E-state index contributed by atoms with van der Waals surface area (Å²) in [6, 6.07) is 21.2. The second kappa shape index (κ2) is 11.6. The summed E-state index contributed by atoms with van der Waals surface area (Å²) in [5.41, 5.74) is 8.53. The molecule has 0 aliphatic carbocycles. The summed E-state index contributed by atoms with van der Waals surface area (Å²) in [6.45, 7) is 1.79. The first-order chi connectivity index (χ1) is 17.0. The lowest BCUT2D eigenvalue weighted by Crippen LogP contribution is -2.38. The van der Waals surface area contributed by atoms with E-state index in [1.165, 1.54) is 0 Å². The fourth-order valence-corrected chi connectivity index (χ4v) is 4.67. The van der Waals surface area contributed by atoms with Crippen LogP contribution in [0.4, 0.5) is 5.69 Å². The number of ether oxygens (including phenoxy) is 1. The van der Waals surface area contributed by atoms with E-state index in [9.17, 15) is 14.4 Å². The third-order valence-corrected chi connectivity index (χ3v) is 6.61. The summed E-state index contributed by atoms with van der Waals surface area (Å²) >= 11 is 1.87. The zero-order chi connectivity index (χ0) is 24.6. The number of nitrogens with two attached hydrogens (primary N) is 1. The Morgan fingerprint density at radius 1 is 0.914 bits per heavy atom. The van der Waals surface area contributed by atoms with Crippen molar-refractivity contribution in [2.45, 2.75) is 13.0 Å². The molecule has 8 heteroatoms. The number of thioether (sulfide) groups is 1. The molecule has 0 radical (unpaired) electrons. The zero-order valence-corrected chi connectivity index (χ0v) is 20.1. The van der Waals surface area contributed by atoms with Gasteiger partial charge >= 0.3 is 0 Å². The van der Waals surface area contributed by atoms with Gasteiger partial charge in [0.15, 0.2) is 0 Å². The van der Waals surface area contributed by atoms with Crippen LogP contribution in [0.5, 0.6) is 5.75 Å². The van der Waals surface area contributed by atoms with Crippen molar-refractivity contribution in [3.8, 4) is 5.75 Å². The lowest BCUT2D eigenvalue weighted by atomic mass is 10.1. The topological polar surface area (TPSA) is 102 Å². The largest absolute Gasteiger partial charge is 0.488 e. The Hall–Kier alpha value is -3.78. The van der Waals surface area contributed by atoms with Crippen molar-refractivity contribution in [3.05, 3.63) is 95.1 Å². The fourth-order valence-electron chi connectivity index (χ4n) is 3.77. The van der Waals surface area contributed by atoms with Crippen LogP contribution in [-0.4, -0.2) is 47.2 Å². The van der Waals surface area contributed by atoms with Crippen LogP contribution >= 0.6 is 11.8 Å².